The Bertz CT molecular complexity index is 451. The van der Waals surface area contributed by atoms with Crippen LogP contribution in [0, 0.1) is 0 Å². The minimum absolute atomic E-state index is 0.141. The highest BCUT2D eigenvalue weighted by molar-refractivity contribution is 7.99. The molecule has 1 amide bonds. The van der Waals surface area contributed by atoms with E-state index < -0.39 is 0 Å². The van der Waals surface area contributed by atoms with Crippen molar-refractivity contribution in [3.8, 4) is 0 Å². The molecule has 1 heterocycles. The Morgan fingerprint density at radius 2 is 2.06 bits per heavy atom. The average Bonchev–Trinajstić information content (AvgIpc) is 2.31. The Balaban J connectivity index is 2.12. The van der Waals surface area contributed by atoms with Crippen molar-refractivity contribution >= 4 is 23.6 Å². The second-order valence-corrected chi connectivity index (χ2v) is 4.08. The molecule has 1 aromatic carbocycles. The molecule has 1 aliphatic heterocycles. The lowest BCUT2D eigenvalue weighted by Crippen LogP contribution is -2.14. The fourth-order valence-electron chi connectivity index (χ4n) is 1.27. The first-order chi connectivity index (χ1) is 7.77. The van der Waals surface area contributed by atoms with Gasteiger partial charge in [0.05, 0.1) is 12.0 Å². The molecule has 16 heavy (non-hydrogen) atoms. The number of benzene rings is 1. The highest BCUT2D eigenvalue weighted by atomic mass is 32.2. The molecular formula is C12H11NO2S. The molecule has 0 radical (unpaired) electrons. The molecule has 4 heteroatoms. The van der Waals surface area contributed by atoms with E-state index in [1.807, 2.05) is 37.3 Å². The highest BCUT2D eigenvalue weighted by Crippen LogP contribution is 2.27. The number of anilines is 1. The summed E-state index contributed by atoms with van der Waals surface area (Å²) in [6.07, 6.45) is 3.34. The number of amides is 1. The van der Waals surface area contributed by atoms with Gasteiger partial charge < -0.3 is 9.50 Å². The first-order valence-electron chi connectivity index (χ1n) is 4.84. The summed E-state index contributed by atoms with van der Waals surface area (Å²) in [5, 5.41) is 2.81. The molecule has 0 saturated heterocycles. The van der Waals surface area contributed by atoms with Crippen molar-refractivity contribution < 1.29 is 8.98 Å². The van der Waals surface area contributed by atoms with E-state index in [2.05, 4.69) is 5.32 Å². The summed E-state index contributed by atoms with van der Waals surface area (Å²) in [5.74, 6) is -0.141. The van der Waals surface area contributed by atoms with E-state index in [1.165, 1.54) is 0 Å². The van der Waals surface area contributed by atoms with Crippen molar-refractivity contribution in [3.63, 3.8) is 0 Å². The third-order valence-electron chi connectivity index (χ3n) is 2.10. The number of hydrogen-bond donors (Lipinski definition) is 1. The van der Waals surface area contributed by atoms with Gasteiger partial charge in [0.15, 0.2) is 0 Å². The van der Waals surface area contributed by atoms with Gasteiger partial charge in [0, 0.05) is 5.69 Å². The van der Waals surface area contributed by atoms with E-state index in [0.29, 0.717) is 4.91 Å². The Kier molecular flexibility index (Phi) is 3.31. The third kappa shape index (κ3) is 2.46. The van der Waals surface area contributed by atoms with Gasteiger partial charge in [-0.15, -0.1) is 0 Å². The van der Waals surface area contributed by atoms with E-state index in [4.69, 9.17) is 4.18 Å². The summed E-state index contributed by atoms with van der Waals surface area (Å²) in [7, 11) is 0. The number of para-hydroxylation sites is 1. The Hall–Kier alpha value is -1.68. The van der Waals surface area contributed by atoms with Crippen LogP contribution < -0.4 is 5.32 Å². The predicted octanol–water partition coefficient (Wildman–Crippen LogP) is 3.09. The molecule has 1 aromatic rings. The molecule has 2 rings (SSSR count). The van der Waals surface area contributed by atoms with Crippen LogP contribution in [0.3, 0.4) is 0 Å². The van der Waals surface area contributed by atoms with E-state index in [0.717, 1.165) is 23.3 Å². The number of allylic oxidation sites excluding steroid dienone is 2. The molecular weight excluding hydrogens is 222 g/mol. The smallest absolute Gasteiger partial charge is 0.265 e. The maximum atomic E-state index is 11.9. The molecule has 82 valence electrons. The Labute approximate surface area is 98.4 Å². The quantitative estimate of drug-likeness (QED) is 0.798. The van der Waals surface area contributed by atoms with Gasteiger partial charge in [0.2, 0.25) is 0 Å². The summed E-state index contributed by atoms with van der Waals surface area (Å²) in [6.45, 7) is 1.88. The molecule has 0 aliphatic carbocycles. The minimum Gasteiger partial charge on any atom is -0.428 e. The van der Waals surface area contributed by atoms with Crippen LogP contribution >= 0.6 is 12.0 Å². The van der Waals surface area contributed by atoms with Gasteiger partial charge in [-0.25, -0.2) is 0 Å². The van der Waals surface area contributed by atoms with Crippen LogP contribution in [-0.4, -0.2) is 5.91 Å². The molecule has 0 bridgehead atoms. The Morgan fingerprint density at radius 3 is 2.75 bits per heavy atom. The normalized spacial score (nSPS) is 14.6. The fourth-order valence-corrected chi connectivity index (χ4v) is 1.81. The van der Waals surface area contributed by atoms with Crippen LogP contribution in [0.25, 0.3) is 0 Å². The minimum atomic E-state index is -0.141. The molecule has 0 saturated carbocycles. The second kappa shape index (κ2) is 4.90. The van der Waals surface area contributed by atoms with E-state index in [-0.39, 0.29) is 5.91 Å². The van der Waals surface area contributed by atoms with Crippen LogP contribution in [0.5, 0.6) is 0 Å². The van der Waals surface area contributed by atoms with Crippen LogP contribution in [0.15, 0.2) is 53.1 Å². The van der Waals surface area contributed by atoms with E-state index >= 15 is 0 Å². The zero-order chi connectivity index (χ0) is 11.4. The maximum absolute atomic E-state index is 11.9. The zero-order valence-corrected chi connectivity index (χ0v) is 9.58. The lowest BCUT2D eigenvalue weighted by molar-refractivity contribution is -0.112. The average molecular weight is 233 g/mol. The monoisotopic (exact) mass is 233 g/mol. The summed E-state index contributed by atoms with van der Waals surface area (Å²) < 4.78 is 5.03. The van der Waals surface area contributed by atoms with E-state index in [9.17, 15) is 4.79 Å². The van der Waals surface area contributed by atoms with Crippen LogP contribution in [0.2, 0.25) is 0 Å². The first-order valence-corrected chi connectivity index (χ1v) is 5.58. The third-order valence-corrected chi connectivity index (χ3v) is 2.98. The SMILES string of the molecule is CC1=C(C(=O)Nc2ccccc2)SOC=C1. The van der Waals surface area contributed by atoms with Crippen molar-refractivity contribution in [1.29, 1.82) is 0 Å². The van der Waals surface area contributed by atoms with Crippen LogP contribution in [0.4, 0.5) is 5.69 Å². The van der Waals surface area contributed by atoms with Crippen molar-refractivity contribution in [1.82, 2.24) is 0 Å². The highest BCUT2D eigenvalue weighted by Gasteiger charge is 2.16. The number of carbonyl (C=O) groups is 1. The van der Waals surface area contributed by atoms with Gasteiger partial charge >= 0.3 is 0 Å². The second-order valence-electron chi connectivity index (χ2n) is 3.31. The summed E-state index contributed by atoms with van der Waals surface area (Å²) in [5.41, 5.74) is 1.69. The van der Waals surface area contributed by atoms with Crippen molar-refractivity contribution in [2.45, 2.75) is 6.92 Å². The van der Waals surface area contributed by atoms with Crippen molar-refractivity contribution in [2.24, 2.45) is 0 Å². The number of nitrogens with one attached hydrogen (secondary N) is 1. The van der Waals surface area contributed by atoms with Gasteiger partial charge in [-0.3, -0.25) is 4.79 Å². The largest absolute Gasteiger partial charge is 0.428 e. The number of hydrogen-bond acceptors (Lipinski definition) is 3. The van der Waals surface area contributed by atoms with Crippen molar-refractivity contribution in [2.75, 3.05) is 5.32 Å². The summed E-state index contributed by atoms with van der Waals surface area (Å²) >= 11 is 1.08. The van der Waals surface area contributed by atoms with Crippen LogP contribution in [-0.2, 0) is 8.98 Å². The predicted molar refractivity (Wildman–Crippen MR) is 65.6 cm³/mol. The first kappa shape index (κ1) is 10.8. The van der Waals surface area contributed by atoms with Gasteiger partial charge in [-0.2, -0.15) is 0 Å². The topological polar surface area (TPSA) is 38.3 Å². The summed E-state index contributed by atoms with van der Waals surface area (Å²) in [4.78, 5) is 12.5. The molecule has 1 N–H and O–H groups in total. The van der Waals surface area contributed by atoms with E-state index in [1.54, 1.807) is 12.3 Å². The molecule has 0 spiro atoms. The molecule has 0 unspecified atom stereocenters. The number of rotatable bonds is 2. The Morgan fingerprint density at radius 1 is 1.31 bits per heavy atom. The van der Waals surface area contributed by atoms with Gasteiger partial charge in [0.1, 0.15) is 11.2 Å². The van der Waals surface area contributed by atoms with Crippen molar-refractivity contribution in [3.05, 3.63) is 53.1 Å². The fraction of sp³-hybridized carbons (Fsp3) is 0.0833. The van der Waals surface area contributed by atoms with Crippen LogP contribution in [0.1, 0.15) is 6.92 Å². The number of carbonyl (C=O) groups excluding carboxylic acids is 1. The maximum Gasteiger partial charge on any atom is 0.265 e. The van der Waals surface area contributed by atoms with Gasteiger partial charge in [-0.1, -0.05) is 18.2 Å². The molecule has 1 aliphatic rings. The molecule has 3 nitrogen and oxygen atoms in total. The lowest BCUT2D eigenvalue weighted by Gasteiger charge is -2.12. The van der Waals surface area contributed by atoms with Gasteiger partial charge in [-0.05, 0) is 30.7 Å². The standard InChI is InChI=1S/C12H11NO2S/c1-9-7-8-15-16-11(9)12(14)13-10-5-3-2-4-6-10/h2-8H,1H3,(H,13,14). The molecule has 0 fully saturated rings. The zero-order valence-electron chi connectivity index (χ0n) is 8.77. The molecule has 0 aromatic heterocycles. The molecule has 0 atom stereocenters. The summed E-state index contributed by atoms with van der Waals surface area (Å²) in [6, 6.07) is 9.35. The lowest BCUT2D eigenvalue weighted by atomic mass is 10.2. The van der Waals surface area contributed by atoms with Gasteiger partial charge in [0.25, 0.3) is 5.91 Å².